The molecule has 8 heteroatoms. The minimum absolute atomic E-state index is 0.154. The van der Waals surface area contributed by atoms with Crippen molar-refractivity contribution in [1.29, 1.82) is 0 Å². The van der Waals surface area contributed by atoms with Gasteiger partial charge in [-0.2, -0.15) is 0 Å². The van der Waals surface area contributed by atoms with E-state index in [1.165, 1.54) is 0 Å². The normalized spacial score (nSPS) is 15.7. The lowest BCUT2D eigenvalue weighted by Crippen LogP contribution is -2.27. The second-order valence-corrected chi connectivity index (χ2v) is 6.82. The maximum atomic E-state index is 12.5. The standard InChI is InChI=1S/C20H19ClN4O3/c1-27-15-8-6-13(7-9-15)18-11-25-17(12-28-18)19(23-24-25)20(26)22-10-14-4-2-3-5-16(14)21/h2-9,18H,10-12H2,1H3,(H,22,26)/t18-/m0/s1. The molecule has 2 heterocycles. The summed E-state index contributed by atoms with van der Waals surface area (Å²) in [7, 11) is 1.63. The van der Waals surface area contributed by atoms with Crippen LogP contribution in [0.1, 0.15) is 33.4 Å². The van der Waals surface area contributed by atoms with Crippen LogP contribution in [0, 0.1) is 0 Å². The number of halogens is 1. The Kier molecular flexibility index (Phi) is 5.27. The first-order chi connectivity index (χ1) is 13.7. The molecule has 2 aromatic carbocycles. The quantitative estimate of drug-likeness (QED) is 0.714. The van der Waals surface area contributed by atoms with E-state index in [1.54, 1.807) is 17.9 Å². The van der Waals surface area contributed by atoms with Crippen LogP contribution in [0.3, 0.4) is 0 Å². The van der Waals surface area contributed by atoms with Crippen LogP contribution in [-0.2, 0) is 24.4 Å². The lowest BCUT2D eigenvalue weighted by molar-refractivity contribution is -0.00179. The molecule has 0 bridgehead atoms. The number of carbonyl (C=O) groups is 1. The Morgan fingerprint density at radius 3 is 2.82 bits per heavy atom. The van der Waals surface area contributed by atoms with Crippen molar-refractivity contribution in [2.75, 3.05) is 7.11 Å². The number of nitrogens with zero attached hydrogens (tertiary/aromatic N) is 3. The molecule has 1 aliphatic heterocycles. The van der Waals surface area contributed by atoms with Crippen LogP contribution < -0.4 is 10.1 Å². The number of hydrogen-bond donors (Lipinski definition) is 1. The van der Waals surface area contributed by atoms with E-state index in [0.29, 0.717) is 23.8 Å². The van der Waals surface area contributed by atoms with Crippen molar-refractivity contribution in [3.63, 3.8) is 0 Å². The van der Waals surface area contributed by atoms with E-state index < -0.39 is 0 Å². The Bertz CT molecular complexity index is 987. The van der Waals surface area contributed by atoms with E-state index in [1.807, 2.05) is 42.5 Å². The zero-order chi connectivity index (χ0) is 19.5. The Morgan fingerprint density at radius 2 is 2.07 bits per heavy atom. The highest BCUT2D eigenvalue weighted by Gasteiger charge is 2.27. The fourth-order valence-electron chi connectivity index (χ4n) is 3.11. The number of hydrogen-bond acceptors (Lipinski definition) is 5. The van der Waals surface area contributed by atoms with Gasteiger partial charge in [0.15, 0.2) is 5.69 Å². The van der Waals surface area contributed by atoms with Gasteiger partial charge in [-0.05, 0) is 29.3 Å². The van der Waals surface area contributed by atoms with Gasteiger partial charge in [0.1, 0.15) is 11.9 Å². The van der Waals surface area contributed by atoms with E-state index in [2.05, 4.69) is 15.6 Å². The highest BCUT2D eigenvalue weighted by molar-refractivity contribution is 6.31. The molecule has 1 aromatic heterocycles. The molecule has 144 valence electrons. The first-order valence-electron chi connectivity index (χ1n) is 8.85. The summed E-state index contributed by atoms with van der Waals surface area (Å²) in [5, 5.41) is 11.6. The summed E-state index contributed by atoms with van der Waals surface area (Å²) < 4.78 is 12.9. The van der Waals surface area contributed by atoms with E-state index in [-0.39, 0.29) is 24.3 Å². The SMILES string of the molecule is COc1ccc([C@@H]2Cn3nnc(C(=O)NCc4ccccc4Cl)c3CO2)cc1. The zero-order valence-electron chi connectivity index (χ0n) is 15.3. The topological polar surface area (TPSA) is 78.3 Å². The van der Waals surface area contributed by atoms with Crippen molar-refractivity contribution < 1.29 is 14.3 Å². The van der Waals surface area contributed by atoms with Gasteiger partial charge in [-0.15, -0.1) is 5.10 Å². The Balaban J connectivity index is 1.44. The predicted molar refractivity (Wildman–Crippen MR) is 103 cm³/mol. The van der Waals surface area contributed by atoms with Crippen LogP contribution >= 0.6 is 11.6 Å². The molecule has 28 heavy (non-hydrogen) atoms. The molecule has 0 radical (unpaired) electrons. The lowest BCUT2D eigenvalue weighted by Gasteiger charge is -2.24. The molecule has 0 fully saturated rings. The number of fused-ring (bicyclic) bond motifs is 1. The third-order valence-electron chi connectivity index (χ3n) is 4.70. The van der Waals surface area contributed by atoms with E-state index in [0.717, 1.165) is 16.9 Å². The third kappa shape index (κ3) is 3.72. The summed E-state index contributed by atoms with van der Waals surface area (Å²) in [5.74, 6) is 0.492. The Morgan fingerprint density at radius 1 is 1.29 bits per heavy atom. The molecule has 3 aromatic rings. The van der Waals surface area contributed by atoms with Crippen molar-refractivity contribution in [3.05, 3.63) is 76.1 Å². The van der Waals surface area contributed by atoms with E-state index >= 15 is 0 Å². The smallest absolute Gasteiger partial charge is 0.274 e. The van der Waals surface area contributed by atoms with Crippen molar-refractivity contribution in [1.82, 2.24) is 20.3 Å². The summed E-state index contributed by atoms with van der Waals surface area (Å²) in [6.45, 7) is 1.07. The first-order valence-corrected chi connectivity index (χ1v) is 9.23. The number of amides is 1. The Hall–Kier alpha value is -2.90. The van der Waals surface area contributed by atoms with Gasteiger partial charge in [-0.25, -0.2) is 4.68 Å². The molecule has 1 N–H and O–H groups in total. The Labute approximate surface area is 167 Å². The number of rotatable bonds is 5. The number of ether oxygens (including phenoxy) is 2. The van der Waals surface area contributed by atoms with Crippen LogP contribution in [0.25, 0.3) is 0 Å². The number of nitrogens with one attached hydrogen (secondary N) is 1. The summed E-state index contributed by atoms with van der Waals surface area (Å²) >= 11 is 6.13. The number of carbonyl (C=O) groups excluding carboxylic acids is 1. The average Bonchev–Trinajstić information content (AvgIpc) is 3.16. The lowest BCUT2D eigenvalue weighted by atomic mass is 10.1. The minimum atomic E-state index is -0.298. The summed E-state index contributed by atoms with van der Waals surface area (Å²) in [6, 6.07) is 15.1. The molecule has 7 nitrogen and oxygen atoms in total. The summed E-state index contributed by atoms with van der Waals surface area (Å²) in [4.78, 5) is 12.5. The second kappa shape index (κ2) is 8.00. The van der Waals surface area contributed by atoms with Crippen LogP contribution in [0.2, 0.25) is 5.02 Å². The fraction of sp³-hybridized carbons (Fsp3) is 0.250. The van der Waals surface area contributed by atoms with Gasteiger partial charge < -0.3 is 14.8 Å². The molecule has 0 saturated heterocycles. The monoisotopic (exact) mass is 398 g/mol. The van der Waals surface area contributed by atoms with Crippen LogP contribution in [0.5, 0.6) is 5.75 Å². The number of methoxy groups -OCH3 is 1. The van der Waals surface area contributed by atoms with E-state index in [4.69, 9.17) is 21.1 Å². The van der Waals surface area contributed by atoms with Crippen molar-refractivity contribution >= 4 is 17.5 Å². The van der Waals surface area contributed by atoms with Gasteiger partial charge in [0, 0.05) is 11.6 Å². The van der Waals surface area contributed by atoms with Crippen LogP contribution in [0.15, 0.2) is 48.5 Å². The molecule has 1 amide bonds. The largest absolute Gasteiger partial charge is 0.497 e. The van der Waals surface area contributed by atoms with Crippen LogP contribution in [-0.4, -0.2) is 28.0 Å². The van der Waals surface area contributed by atoms with Gasteiger partial charge >= 0.3 is 0 Å². The number of aromatic nitrogens is 3. The van der Waals surface area contributed by atoms with E-state index in [9.17, 15) is 4.79 Å². The zero-order valence-corrected chi connectivity index (χ0v) is 16.0. The molecule has 0 spiro atoms. The van der Waals surface area contributed by atoms with Gasteiger partial charge in [-0.1, -0.05) is 47.1 Å². The van der Waals surface area contributed by atoms with Gasteiger partial charge in [0.05, 0.1) is 26.0 Å². The van der Waals surface area contributed by atoms with Crippen molar-refractivity contribution in [2.45, 2.75) is 25.8 Å². The van der Waals surface area contributed by atoms with Crippen LogP contribution in [0.4, 0.5) is 0 Å². The maximum absolute atomic E-state index is 12.5. The number of benzene rings is 2. The predicted octanol–water partition coefficient (Wildman–Crippen LogP) is 3.14. The summed E-state index contributed by atoms with van der Waals surface area (Å²) in [5.41, 5.74) is 2.81. The molecule has 1 atom stereocenters. The fourth-order valence-corrected chi connectivity index (χ4v) is 3.31. The summed E-state index contributed by atoms with van der Waals surface area (Å²) in [6.07, 6.45) is -0.154. The second-order valence-electron chi connectivity index (χ2n) is 6.41. The molecule has 4 rings (SSSR count). The minimum Gasteiger partial charge on any atom is -0.497 e. The highest BCUT2D eigenvalue weighted by atomic mass is 35.5. The molecular weight excluding hydrogens is 380 g/mol. The van der Waals surface area contributed by atoms with Crippen molar-refractivity contribution in [2.24, 2.45) is 0 Å². The third-order valence-corrected chi connectivity index (χ3v) is 5.07. The highest BCUT2D eigenvalue weighted by Crippen LogP contribution is 2.28. The van der Waals surface area contributed by atoms with Crippen molar-refractivity contribution in [3.8, 4) is 5.75 Å². The van der Waals surface area contributed by atoms with Gasteiger partial charge in [0.2, 0.25) is 0 Å². The van der Waals surface area contributed by atoms with Gasteiger partial charge in [-0.3, -0.25) is 4.79 Å². The maximum Gasteiger partial charge on any atom is 0.274 e. The van der Waals surface area contributed by atoms with Gasteiger partial charge in [0.25, 0.3) is 5.91 Å². The molecule has 0 unspecified atom stereocenters. The molecular formula is C20H19ClN4O3. The average molecular weight is 399 g/mol. The first kappa shape index (κ1) is 18.5. The molecule has 1 aliphatic rings. The molecule has 0 saturated carbocycles. The molecule has 0 aliphatic carbocycles.